The van der Waals surface area contributed by atoms with Crippen LogP contribution in [0.4, 0.5) is 0 Å². The molecular formula is C21H21NO2. The highest BCUT2D eigenvalue weighted by Gasteiger charge is 2.22. The molecule has 122 valence electrons. The summed E-state index contributed by atoms with van der Waals surface area (Å²) in [6.45, 7) is 2.22. The van der Waals surface area contributed by atoms with Crippen LogP contribution < -0.4 is 5.32 Å². The van der Waals surface area contributed by atoms with Gasteiger partial charge in [-0.25, -0.2) is 0 Å². The number of rotatable bonds is 5. The maximum atomic E-state index is 9.51. The largest absolute Gasteiger partial charge is 0.394 e. The average molecular weight is 319 g/mol. The molecule has 4 aromatic carbocycles. The fourth-order valence-corrected chi connectivity index (χ4v) is 3.45. The SMILES string of the molecule is CC(CO)(CO)NCc1cc2cccc3ccc4cccc1c4c32. The molecule has 0 radical (unpaired) electrons. The molecule has 0 saturated carbocycles. The third kappa shape index (κ3) is 2.33. The normalized spacial score (nSPS) is 12.6. The molecule has 3 nitrogen and oxygen atoms in total. The van der Waals surface area contributed by atoms with Crippen molar-refractivity contribution in [1.82, 2.24) is 5.32 Å². The van der Waals surface area contributed by atoms with Crippen LogP contribution in [0.2, 0.25) is 0 Å². The van der Waals surface area contributed by atoms with Crippen LogP contribution in [-0.4, -0.2) is 29.0 Å². The van der Waals surface area contributed by atoms with Crippen LogP contribution in [0.3, 0.4) is 0 Å². The number of hydrogen-bond donors (Lipinski definition) is 3. The van der Waals surface area contributed by atoms with Gasteiger partial charge < -0.3 is 15.5 Å². The fraction of sp³-hybridized carbons (Fsp3) is 0.238. The number of hydrogen-bond acceptors (Lipinski definition) is 3. The Kier molecular flexibility index (Phi) is 3.65. The summed E-state index contributed by atoms with van der Waals surface area (Å²) in [6.07, 6.45) is 0. The number of aliphatic hydroxyl groups excluding tert-OH is 2. The van der Waals surface area contributed by atoms with E-state index in [4.69, 9.17) is 0 Å². The second-order valence-electron chi connectivity index (χ2n) is 6.81. The Balaban J connectivity index is 1.92. The zero-order valence-electron chi connectivity index (χ0n) is 13.7. The van der Waals surface area contributed by atoms with Gasteiger partial charge in [-0.2, -0.15) is 0 Å². The fourth-order valence-electron chi connectivity index (χ4n) is 3.45. The van der Waals surface area contributed by atoms with E-state index >= 15 is 0 Å². The van der Waals surface area contributed by atoms with Gasteiger partial charge in [0, 0.05) is 6.54 Å². The van der Waals surface area contributed by atoms with Gasteiger partial charge in [0.1, 0.15) is 0 Å². The predicted octanol–water partition coefficient (Wildman–Crippen LogP) is 3.42. The van der Waals surface area contributed by atoms with Gasteiger partial charge in [-0.15, -0.1) is 0 Å². The van der Waals surface area contributed by atoms with Crippen molar-refractivity contribution < 1.29 is 10.2 Å². The molecule has 0 fully saturated rings. The van der Waals surface area contributed by atoms with Crippen molar-refractivity contribution in [3.63, 3.8) is 0 Å². The molecule has 0 atom stereocenters. The van der Waals surface area contributed by atoms with Crippen LogP contribution in [0.1, 0.15) is 12.5 Å². The maximum Gasteiger partial charge on any atom is 0.0633 e. The molecule has 0 aliphatic rings. The predicted molar refractivity (Wildman–Crippen MR) is 99.6 cm³/mol. The van der Waals surface area contributed by atoms with Gasteiger partial charge in [0.25, 0.3) is 0 Å². The minimum absolute atomic E-state index is 0.104. The molecule has 3 heteroatoms. The summed E-state index contributed by atoms with van der Waals surface area (Å²) in [5.74, 6) is 0. The Hall–Kier alpha value is -2.20. The molecule has 0 heterocycles. The van der Waals surface area contributed by atoms with Gasteiger partial charge >= 0.3 is 0 Å². The Bertz CT molecular complexity index is 1000. The van der Waals surface area contributed by atoms with E-state index in [0.29, 0.717) is 6.54 Å². The molecule has 0 saturated heterocycles. The molecule has 0 aliphatic carbocycles. The third-order valence-corrected chi connectivity index (χ3v) is 5.00. The first-order valence-corrected chi connectivity index (χ1v) is 8.27. The van der Waals surface area contributed by atoms with Crippen LogP contribution in [-0.2, 0) is 6.54 Å². The molecule has 3 N–H and O–H groups in total. The molecular weight excluding hydrogens is 298 g/mol. The minimum atomic E-state index is -0.683. The Labute approximate surface area is 140 Å². The first kappa shape index (κ1) is 15.3. The Morgan fingerprint density at radius 3 is 2.17 bits per heavy atom. The van der Waals surface area contributed by atoms with Crippen LogP contribution in [0.5, 0.6) is 0 Å². The number of benzene rings is 4. The lowest BCUT2D eigenvalue weighted by atomic mass is 9.91. The summed E-state index contributed by atoms with van der Waals surface area (Å²) < 4.78 is 0. The maximum absolute atomic E-state index is 9.51. The molecule has 0 unspecified atom stereocenters. The lowest BCUT2D eigenvalue weighted by Gasteiger charge is -2.27. The van der Waals surface area contributed by atoms with Gasteiger partial charge in [-0.05, 0) is 50.9 Å². The minimum Gasteiger partial charge on any atom is -0.394 e. The van der Waals surface area contributed by atoms with Gasteiger partial charge in [0.15, 0.2) is 0 Å². The lowest BCUT2D eigenvalue weighted by molar-refractivity contribution is 0.103. The molecule has 0 amide bonds. The molecule has 0 spiro atoms. The zero-order chi connectivity index (χ0) is 16.7. The van der Waals surface area contributed by atoms with Crippen molar-refractivity contribution in [2.24, 2.45) is 0 Å². The second-order valence-corrected chi connectivity index (χ2v) is 6.81. The highest BCUT2D eigenvalue weighted by atomic mass is 16.3. The molecule has 0 bridgehead atoms. The van der Waals surface area contributed by atoms with Gasteiger partial charge in [0.05, 0.1) is 18.8 Å². The van der Waals surface area contributed by atoms with E-state index in [1.54, 1.807) is 0 Å². The summed E-state index contributed by atoms with van der Waals surface area (Å²) in [6, 6.07) is 19.3. The highest BCUT2D eigenvalue weighted by molar-refractivity contribution is 6.23. The zero-order valence-corrected chi connectivity index (χ0v) is 13.7. The second kappa shape index (κ2) is 5.71. The van der Waals surface area contributed by atoms with Gasteiger partial charge in [0.2, 0.25) is 0 Å². The van der Waals surface area contributed by atoms with E-state index < -0.39 is 5.54 Å². The van der Waals surface area contributed by atoms with Crippen molar-refractivity contribution in [2.75, 3.05) is 13.2 Å². The highest BCUT2D eigenvalue weighted by Crippen LogP contribution is 2.36. The van der Waals surface area contributed by atoms with E-state index in [-0.39, 0.29) is 13.2 Å². The standard InChI is InChI=1S/C21H21NO2/c1-21(12-23,13-24)22-11-17-10-16-6-2-4-14-8-9-15-5-3-7-18(17)20(15)19(14)16/h2-10,22-24H,11-13H2,1H3. The van der Waals surface area contributed by atoms with Gasteiger partial charge in [-0.1, -0.05) is 48.5 Å². The summed E-state index contributed by atoms with van der Waals surface area (Å²) in [7, 11) is 0. The summed E-state index contributed by atoms with van der Waals surface area (Å²) in [5, 5.41) is 29.9. The first-order chi connectivity index (χ1) is 11.6. The number of aliphatic hydroxyl groups is 2. The van der Waals surface area contributed by atoms with Crippen molar-refractivity contribution in [3.05, 3.63) is 60.2 Å². The molecule has 0 aliphatic heterocycles. The average Bonchev–Trinajstić information content (AvgIpc) is 2.64. The monoisotopic (exact) mass is 319 g/mol. The molecule has 4 rings (SSSR count). The van der Waals surface area contributed by atoms with Crippen LogP contribution >= 0.6 is 0 Å². The Morgan fingerprint density at radius 2 is 1.46 bits per heavy atom. The Morgan fingerprint density at radius 1 is 0.833 bits per heavy atom. The quantitative estimate of drug-likeness (QED) is 0.494. The van der Waals surface area contributed by atoms with E-state index in [2.05, 4.69) is 59.9 Å². The lowest BCUT2D eigenvalue weighted by Crippen LogP contribution is -2.48. The van der Waals surface area contributed by atoms with E-state index in [0.717, 1.165) is 0 Å². The summed E-state index contributed by atoms with van der Waals surface area (Å²) in [4.78, 5) is 0. The van der Waals surface area contributed by atoms with E-state index in [9.17, 15) is 10.2 Å². The van der Waals surface area contributed by atoms with Crippen LogP contribution in [0, 0.1) is 0 Å². The molecule has 24 heavy (non-hydrogen) atoms. The topological polar surface area (TPSA) is 52.5 Å². The van der Waals surface area contributed by atoms with Crippen molar-refractivity contribution in [1.29, 1.82) is 0 Å². The van der Waals surface area contributed by atoms with E-state index in [1.807, 2.05) is 6.92 Å². The smallest absolute Gasteiger partial charge is 0.0633 e. The van der Waals surface area contributed by atoms with Gasteiger partial charge in [-0.3, -0.25) is 0 Å². The third-order valence-electron chi connectivity index (χ3n) is 5.00. The number of nitrogens with one attached hydrogen (secondary N) is 1. The van der Waals surface area contributed by atoms with Crippen molar-refractivity contribution in [2.45, 2.75) is 19.0 Å². The van der Waals surface area contributed by atoms with Crippen molar-refractivity contribution >= 4 is 32.3 Å². The van der Waals surface area contributed by atoms with E-state index in [1.165, 1.54) is 37.9 Å². The molecule has 4 aromatic rings. The van der Waals surface area contributed by atoms with Crippen molar-refractivity contribution in [3.8, 4) is 0 Å². The van der Waals surface area contributed by atoms with Crippen LogP contribution in [0.15, 0.2) is 54.6 Å². The summed E-state index contributed by atoms with van der Waals surface area (Å²) >= 11 is 0. The first-order valence-electron chi connectivity index (χ1n) is 8.27. The molecule has 0 aromatic heterocycles. The van der Waals surface area contributed by atoms with Crippen LogP contribution in [0.25, 0.3) is 32.3 Å². The summed E-state index contributed by atoms with van der Waals surface area (Å²) in [5.41, 5.74) is 0.498.